The first kappa shape index (κ1) is 14.7. The first-order valence-corrected chi connectivity index (χ1v) is 6.67. The monoisotopic (exact) mass is 247 g/mol. The molecule has 0 fully saturated rings. The molecule has 1 aromatic rings. The molecule has 100 valence electrons. The van der Waals surface area contributed by atoms with Crippen LogP contribution in [0.25, 0.3) is 0 Å². The molecule has 0 aliphatic carbocycles. The Kier molecular flexibility index (Phi) is 4.94. The van der Waals surface area contributed by atoms with Gasteiger partial charge in [0.1, 0.15) is 0 Å². The summed E-state index contributed by atoms with van der Waals surface area (Å²) in [4.78, 5) is 14.3. The molecule has 1 aromatic carbocycles. The van der Waals surface area contributed by atoms with Crippen LogP contribution >= 0.6 is 0 Å². The van der Waals surface area contributed by atoms with E-state index in [0.717, 1.165) is 13.0 Å². The summed E-state index contributed by atoms with van der Waals surface area (Å²) in [6.45, 7) is 10.9. The van der Waals surface area contributed by atoms with E-state index in [0.29, 0.717) is 0 Å². The van der Waals surface area contributed by atoms with Crippen LogP contribution in [-0.2, 0) is 11.2 Å². The number of amides is 1. The average Bonchev–Trinajstić information content (AvgIpc) is 2.28. The van der Waals surface area contributed by atoms with Gasteiger partial charge >= 0.3 is 0 Å². The van der Waals surface area contributed by atoms with Gasteiger partial charge in [-0.2, -0.15) is 0 Å². The topological polar surface area (TPSA) is 20.3 Å². The van der Waals surface area contributed by atoms with E-state index in [4.69, 9.17) is 0 Å². The number of nitrogens with zero attached hydrogens (tertiary/aromatic N) is 1. The minimum absolute atomic E-state index is 0.230. The fourth-order valence-corrected chi connectivity index (χ4v) is 1.92. The molecule has 0 aromatic heterocycles. The van der Waals surface area contributed by atoms with Crippen LogP contribution in [0, 0.1) is 5.41 Å². The van der Waals surface area contributed by atoms with Gasteiger partial charge in [-0.1, -0.05) is 51.1 Å². The predicted octanol–water partition coefficient (Wildman–Crippen LogP) is 3.51. The van der Waals surface area contributed by atoms with Gasteiger partial charge in [-0.25, -0.2) is 0 Å². The van der Waals surface area contributed by atoms with E-state index in [2.05, 4.69) is 26.0 Å². The Morgan fingerprint density at radius 3 is 2.17 bits per heavy atom. The molecule has 0 atom stereocenters. The van der Waals surface area contributed by atoms with Gasteiger partial charge < -0.3 is 4.90 Å². The molecule has 18 heavy (non-hydrogen) atoms. The zero-order valence-corrected chi connectivity index (χ0v) is 12.2. The fraction of sp³-hybridized carbons (Fsp3) is 0.562. The lowest BCUT2D eigenvalue weighted by atomic mass is 9.94. The van der Waals surface area contributed by atoms with Gasteiger partial charge in [-0.05, 0) is 25.8 Å². The third-order valence-electron chi connectivity index (χ3n) is 3.01. The van der Waals surface area contributed by atoms with Crippen molar-refractivity contribution < 1.29 is 4.79 Å². The number of hydrogen-bond donors (Lipinski definition) is 0. The van der Waals surface area contributed by atoms with E-state index in [-0.39, 0.29) is 17.4 Å². The Morgan fingerprint density at radius 2 is 1.72 bits per heavy atom. The van der Waals surface area contributed by atoms with Crippen molar-refractivity contribution in [1.82, 2.24) is 4.90 Å². The Hall–Kier alpha value is -1.31. The molecule has 0 aliphatic heterocycles. The summed E-state index contributed by atoms with van der Waals surface area (Å²) >= 11 is 0. The number of hydrogen-bond acceptors (Lipinski definition) is 1. The summed E-state index contributed by atoms with van der Waals surface area (Å²) in [5, 5.41) is 0. The van der Waals surface area contributed by atoms with Crippen LogP contribution in [0.2, 0.25) is 0 Å². The molecular formula is C16H25NO. The molecule has 0 aliphatic rings. The van der Waals surface area contributed by atoms with E-state index in [9.17, 15) is 4.79 Å². The summed E-state index contributed by atoms with van der Waals surface area (Å²) in [6, 6.07) is 10.6. The lowest BCUT2D eigenvalue weighted by molar-refractivity contribution is -0.141. The quantitative estimate of drug-likeness (QED) is 0.797. The molecule has 1 amide bonds. The highest BCUT2D eigenvalue weighted by molar-refractivity contribution is 5.81. The highest BCUT2D eigenvalue weighted by atomic mass is 16.2. The summed E-state index contributed by atoms with van der Waals surface area (Å²) < 4.78 is 0. The minimum atomic E-state index is -0.305. The maximum Gasteiger partial charge on any atom is 0.228 e. The van der Waals surface area contributed by atoms with Crippen LogP contribution in [0.4, 0.5) is 0 Å². The number of carbonyl (C=O) groups excluding carboxylic acids is 1. The zero-order chi connectivity index (χ0) is 13.8. The molecule has 0 bridgehead atoms. The van der Waals surface area contributed by atoms with Crippen LogP contribution in [0.3, 0.4) is 0 Å². The van der Waals surface area contributed by atoms with Crippen molar-refractivity contribution in [3.63, 3.8) is 0 Å². The molecule has 2 nitrogen and oxygen atoms in total. The predicted molar refractivity (Wildman–Crippen MR) is 76.5 cm³/mol. The maximum absolute atomic E-state index is 12.4. The Balaban J connectivity index is 2.68. The first-order valence-electron chi connectivity index (χ1n) is 6.67. The molecule has 0 saturated carbocycles. The van der Waals surface area contributed by atoms with Crippen molar-refractivity contribution >= 4 is 5.91 Å². The van der Waals surface area contributed by atoms with E-state index in [1.165, 1.54) is 5.56 Å². The molecule has 1 rings (SSSR count). The highest BCUT2D eigenvalue weighted by Gasteiger charge is 2.28. The molecule has 0 N–H and O–H groups in total. The fourth-order valence-electron chi connectivity index (χ4n) is 1.92. The molecule has 0 unspecified atom stereocenters. The Labute approximate surface area is 111 Å². The number of carbonyl (C=O) groups is 1. The van der Waals surface area contributed by atoms with Crippen molar-refractivity contribution in [2.45, 2.75) is 47.1 Å². The van der Waals surface area contributed by atoms with Crippen molar-refractivity contribution in [2.24, 2.45) is 5.41 Å². The standard InChI is InChI=1S/C16H25NO/c1-13(2)17(15(18)16(3,4)5)12-11-14-9-7-6-8-10-14/h6-10,13H,11-12H2,1-5H3. The largest absolute Gasteiger partial charge is 0.339 e. The van der Waals surface area contributed by atoms with E-state index in [1.54, 1.807) is 0 Å². The second kappa shape index (κ2) is 6.03. The lowest BCUT2D eigenvalue weighted by Crippen LogP contribution is -2.44. The van der Waals surface area contributed by atoms with Crippen LogP contribution < -0.4 is 0 Å². The van der Waals surface area contributed by atoms with Gasteiger partial charge in [-0.3, -0.25) is 4.79 Å². The van der Waals surface area contributed by atoms with E-state index < -0.39 is 0 Å². The molecule has 2 heteroatoms. The molecule has 0 spiro atoms. The summed E-state index contributed by atoms with van der Waals surface area (Å²) in [6.07, 6.45) is 0.918. The third-order valence-corrected chi connectivity index (χ3v) is 3.01. The smallest absolute Gasteiger partial charge is 0.228 e. The van der Waals surface area contributed by atoms with Gasteiger partial charge in [0.2, 0.25) is 5.91 Å². The first-order chi connectivity index (χ1) is 8.32. The van der Waals surface area contributed by atoms with Crippen LogP contribution in [0.5, 0.6) is 0 Å². The second-order valence-electron chi connectivity index (χ2n) is 6.08. The van der Waals surface area contributed by atoms with Crippen LogP contribution in [0.15, 0.2) is 30.3 Å². The summed E-state index contributed by atoms with van der Waals surface area (Å²) in [5.41, 5.74) is 0.978. The molecular weight excluding hydrogens is 222 g/mol. The van der Waals surface area contributed by atoms with Crippen molar-refractivity contribution in [3.8, 4) is 0 Å². The molecule has 0 heterocycles. The van der Waals surface area contributed by atoms with Gasteiger partial charge in [0, 0.05) is 18.0 Å². The lowest BCUT2D eigenvalue weighted by Gasteiger charge is -2.32. The highest BCUT2D eigenvalue weighted by Crippen LogP contribution is 2.19. The van der Waals surface area contributed by atoms with Gasteiger partial charge in [0.05, 0.1) is 0 Å². The molecule has 0 saturated heterocycles. The number of benzene rings is 1. The van der Waals surface area contributed by atoms with E-state index in [1.807, 2.05) is 43.9 Å². The van der Waals surface area contributed by atoms with E-state index >= 15 is 0 Å². The summed E-state index contributed by atoms with van der Waals surface area (Å²) in [5.74, 6) is 0.230. The van der Waals surface area contributed by atoms with Crippen molar-refractivity contribution in [1.29, 1.82) is 0 Å². The second-order valence-corrected chi connectivity index (χ2v) is 6.08. The SMILES string of the molecule is CC(C)N(CCc1ccccc1)C(=O)C(C)(C)C. The zero-order valence-electron chi connectivity index (χ0n) is 12.2. The Bertz CT molecular complexity index is 376. The summed E-state index contributed by atoms with van der Waals surface area (Å²) in [7, 11) is 0. The van der Waals surface area contributed by atoms with Crippen molar-refractivity contribution in [2.75, 3.05) is 6.54 Å². The normalized spacial score (nSPS) is 11.7. The van der Waals surface area contributed by atoms with Crippen molar-refractivity contribution in [3.05, 3.63) is 35.9 Å². The van der Waals surface area contributed by atoms with Gasteiger partial charge in [0.15, 0.2) is 0 Å². The Morgan fingerprint density at radius 1 is 1.17 bits per heavy atom. The number of rotatable bonds is 4. The minimum Gasteiger partial charge on any atom is -0.339 e. The third kappa shape index (κ3) is 4.17. The van der Waals surface area contributed by atoms with Crippen LogP contribution in [0.1, 0.15) is 40.2 Å². The maximum atomic E-state index is 12.4. The van der Waals surface area contributed by atoms with Gasteiger partial charge in [-0.15, -0.1) is 0 Å². The average molecular weight is 247 g/mol. The molecule has 0 radical (unpaired) electrons. The van der Waals surface area contributed by atoms with Crippen LogP contribution in [-0.4, -0.2) is 23.4 Å². The van der Waals surface area contributed by atoms with Gasteiger partial charge in [0.25, 0.3) is 0 Å².